The summed E-state index contributed by atoms with van der Waals surface area (Å²) in [5, 5.41) is 12.3. The van der Waals surface area contributed by atoms with Crippen molar-refractivity contribution in [3.63, 3.8) is 0 Å². The number of para-hydroxylation sites is 1. The Morgan fingerprint density at radius 1 is 1.54 bits per heavy atom. The van der Waals surface area contributed by atoms with Gasteiger partial charge in [-0.15, -0.1) is 0 Å². The molecule has 70 valence electrons. The first kappa shape index (κ1) is 8.53. The van der Waals surface area contributed by atoms with E-state index in [9.17, 15) is 0 Å². The predicted octanol–water partition coefficient (Wildman–Crippen LogP) is 0.474. The monoisotopic (exact) mass is 178 g/mol. The Labute approximate surface area is 77.6 Å². The molecule has 1 unspecified atom stereocenters. The predicted molar refractivity (Wildman–Crippen MR) is 52.5 cm³/mol. The molecule has 0 saturated heterocycles. The number of benzene rings is 1. The topological polar surface area (TPSA) is 58.3 Å². The highest BCUT2D eigenvalue weighted by Crippen LogP contribution is 2.25. The molecule has 13 heavy (non-hydrogen) atoms. The van der Waals surface area contributed by atoms with Crippen molar-refractivity contribution < 1.29 is 5.11 Å². The normalized spacial score (nSPS) is 20.6. The number of hydrogen-bond donors (Lipinski definition) is 3. The van der Waals surface area contributed by atoms with Crippen molar-refractivity contribution in [3.8, 4) is 0 Å². The molecule has 1 aliphatic heterocycles. The Hall–Kier alpha value is -1.06. The molecule has 0 saturated carbocycles. The van der Waals surface area contributed by atoms with Crippen molar-refractivity contribution in [2.75, 3.05) is 11.9 Å². The molecule has 0 fully saturated rings. The number of nitrogens with two attached hydrogens (primary N) is 1. The maximum Gasteiger partial charge on any atom is 0.0702 e. The van der Waals surface area contributed by atoms with E-state index in [2.05, 4.69) is 11.4 Å². The number of rotatable bonds is 1. The second kappa shape index (κ2) is 3.36. The molecule has 1 aromatic rings. The van der Waals surface area contributed by atoms with E-state index in [1.165, 1.54) is 5.56 Å². The van der Waals surface area contributed by atoms with Crippen LogP contribution in [0.2, 0.25) is 0 Å². The quantitative estimate of drug-likeness (QED) is 0.586. The first-order valence-electron chi connectivity index (χ1n) is 4.52. The molecule has 0 spiro atoms. The molecule has 0 amide bonds. The molecule has 1 aromatic carbocycles. The van der Waals surface area contributed by atoms with Gasteiger partial charge in [-0.3, -0.25) is 0 Å². The molecule has 1 aliphatic rings. The summed E-state index contributed by atoms with van der Waals surface area (Å²) in [6, 6.07) is 6.15. The van der Waals surface area contributed by atoms with Crippen molar-refractivity contribution in [2.24, 2.45) is 5.73 Å². The zero-order chi connectivity index (χ0) is 9.26. The van der Waals surface area contributed by atoms with Gasteiger partial charge in [0.05, 0.1) is 6.61 Å². The van der Waals surface area contributed by atoms with Gasteiger partial charge in [0.2, 0.25) is 0 Å². The summed E-state index contributed by atoms with van der Waals surface area (Å²) < 4.78 is 0. The van der Waals surface area contributed by atoms with Crippen molar-refractivity contribution in [1.82, 2.24) is 0 Å². The van der Waals surface area contributed by atoms with E-state index in [0.29, 0.717) is 0 Å². The van der Waals surface area contributed by atoms with Crippen LogP contribution in [0.15, 0.2) is 18.2 Å². The largest absolute Gasteiger partial charge is 0.392 e. The Kier molecular flexibility index (Phi) is 2.20. The minimum atomic E-state index is 0.0887. The molecule has 2 rings (SSSR count). The van der Waals surface area contributed by atoms with Crippen LogP contribution in [0, 0.1) is 0 Å². The van der Waals surface area contributed by atoms with Crippen LogP contribution in [0.1, 0.15) is 11.1 Å². The fraction of sp³-hybridized carbons (Fsp3) is 0.400. The third-order valence-electron chi connectivity index (χ3n) is 2.43. The summed E-state index contributed by atoms with van der Waals surface area (Å²) in [5.41, 5.74) is 9.07. The third kappa shape index (κ3) is 1.53. The number of fused-ring (bicyclic) bond motifs is 1. The zero-order valence-electron chi connectivity index (χ0n) is 7.46. The standard InChI is InChI=1S/C10H14N2O/c11-9-4-7-2-1-3-8(6-13)10(7)12-5-9/h1-3,9,12-13H,4-6,11H2. The third-order valence-corrected chi connectivity index (χ3v) is 2.43. The van der Waals surface area contributed by atoms with Crippen LogP contribution in [-0.4, -0.2) is 17.7 Å². The average molecular weight is 178 g/mol. The van der Waals surface area contributed by atoms with Gasteiger partial charge in [-0.2, -0.15) is 0 Å². The van der Waals surface area contributed by atoms with Crippen LogP contribution >= 0.6 is 0 Å². The SMILES string of the molecule is NC1CNc2c(CO)cccc2C1. The zero-order valence-corrected chi connectivity index (χ0v) is 7.46. The lowest BCUT2D eigenvalue weighted by molar-refractivity contribution is 0.282. The van der Waals surface area contributed by atoms with Gasteiger partial charge < -0.3 is 16.2 Å². The van der Waals surface area contributed by atoms with E-state index in [1.54, 1.807) is 0 Å². The lowest BCUT2D eigenvalue weighted by Gasteiger charge is -2.25. The molecule has 1 atom stereocenters. The maximum absolute atomic E-state index is 9.09. The van der Waals surface area contributed by atoms with E-state index in [4.69, 9.17) is 10.8 Å². The molecule has 0 bridgehead atoms. The van der Waals surface area contributed by atoms with Gasteiger partial charge in [0.1, 0.15) is 0 Å². The van der Waals surface area contributed by atoms with E-state index in [-0.39, 0.29) is 12.6 Å². The molecule has 0 aromatic heterocycles. The summed E-state index contributed by atoms with van der Waals surface area (Å²) in [5.74, 6) is 0. The van der Waals surface area contributed by atoms with Crippen LogP contribution in [0.4, 0.5) is 5.69 Å². The molecule has 1 heterocycles. The van der Waals surface area contributed by atoms with Crippen molar-refractivity contribution >= 4 is 5.69 Å². The lowest BCUT2D eigenvalue weighted by atomic mass is 9.97. The van der Waals surface area contributed by atoms with Gasteiger partial charge in [-0.25, -0.2) is 0 Å². The summed E-state index contributed by atoms with van der Waals surface area (Å²) >= 11 is 0. The van der Waals surface area contributed by atoms with Crippen LogP contribution in [-0.2, 0) is 13.0 Å². The summed E-state index contributed by atoms with van der Waals surface area (Å²) in [6.07, 6.45) is 0.899. The number of nitrogens with one attached hydrogen (secondary N) is 1. The van der Waals surface area contributed by atoms with Crippen LogP contribution in [0.5, 0.6) is 0 Å². The lowest BCUT2D eigenvalue weighted by Crippen LogP contribution is -2.35. The minimum Gasteiger partial charge on any atom is -0.392 e. The van der Waals surface area contributed by atoms with E-state index >= 15 is 0 Å². The van der Waals surface area contributed by atoms with Gasteiger partial charge >= 0.3 is 0 Å². The maximum atomic E-state index is 9.09. The van der Waals surface area contributed by atoms with E-state index < -0.39 is 0 Å². The second-order valence-electron chi connectivity index (χ2n) is 3.45. The highest BCUT2D eigenvalue weighted by atomic mass is 16.3. The molecule has 4 N–H and O–H groups in total. The number of aliphatic hydroxyl groups is 1. The van der Waals surface area contributed by atoms with E-state index in [1.807, 2.05) is 12.1 Å². The van der Waals surface area contributed by atoms with Crippen LogP contribution < -0.4 is 11.1 Å². The minimum absolute atomic E-state index is 0.0887. The number of anilines is 1. The van der Waals surface area contributed by atoms with Gasteiger partial charge in [0, 0.05) is 23.8 Å². The fourth-order valence-corrected chi connectivity index (χ4v) is 1.77. The van der Waals surface area contributed by atoms with Gasteiger partial charge in [-0.1, -0.05) is 18.2 Å². The molecule has 3 heteroatoms. The smallest absolute Gasteiger partial charge is 0.0702 e. The number of aliphatic hydroxyl groups excluding tert-OH is 1. The van der Waals surface area contributed by atoms with Gasteiger partial charge in [0.25, 0.3) is 0 Å². The van der Waals surface area contributed by atoms with Crippen molar-refractivity contribution in [1.29, 1.82) is 0 Å². The fourth-order valence-electron chi connectivity index (χ4n) is 1.77. The summed E-state index contributed by atoms with van der Waals surface area (Å²) in [7, 11) is 0. The Morgan fingerprint density at radius 2 is 2.38 bits per heavy atom. The first-order chi connectivity index (χ1) is 6.31. The molecule has 0 radical (unpaired) electrons. The second-order valence-corrected chi connectivity index (χ2v) is 3.45. The molecule has 0 aliphatic carbocycles. The Morgan fingerprint density at radius 3 is 3.15 bits per heavy atom. The van der Waals surface area contributed by atoms with E-state index in [0.717, 1.165) is 24.2 Å². The Bertz CT molecular complexity index is 312. The van der Waals surface area contributed by atoms with Gasteiger partial charge in [-0.05, 0) is 12.0 Å². The summed E-state index contributed by atoms with van der Waals surface area (Å²) in [4.78, 5) is 0. The Balaban J connectivity index is 2.39. The molecule has 3 nitrogen and oxygen atoms in total. The average Bonchev–Trinajstić information content (AvgIpc) is 2.16. The van der Waals surface area contributed by atoms with Crippen molar-refractivity contribution in [3.05, 3.63) is 29.3 Å². The van der Waals surface area contributed by atoms with Crippen molar-refractivity contribution in [2.45, 2.75) is 19.1 Å². The summed E-state index contributed by atoms with van der Waals surface area (Å²) in [6.45, 7) is 0.884. The molecular weight excluding hydrogens is 164 g/mol. The molecular formula is C10H14N2O. The van der Waals surface area contributed by atoms with Crippen LogP contribution in [0.25, 0.3) is 0 Å². The van der Waals surface area contributed by atoms with Crippen LogP contribution in [0.3, 0.4) is 0 Å². The first-order valence-corrected chi connectivity index (χ1v) is 4.52. The highest BCUT2D eigenvalue weighted by Gasteiger charge is 2.16. The highest BCUT2D eigenvalue weighted by molar-refractivity contribution is 5.59. The number of hydrogen-bond acceptors (Lipinski definition) is 3. The van der Waals surface area contributed by atoms with Gasteiger partial charge in [0.15, 0.2) is 0 Å².